The van der Waals surface area contributed by atoms with Gasteiger partial charge in [-0.25, -0.2) is 0 Å². The van der Waals surface area contributed by atoms with E-state index in [1.54, 1.807) is 12.1 Å². The van der Waals surface area contributed by atoms with Gasteiger partial charge in [0.2, 0.25) is 0 Å². The quantitative estimate of drug-likeness (QED) is 0.608. The number of hydrogen-bond donors (Lipinski definition) is 0. The van der Waals surface area contributed by atoms with Crippen molar-refractivity contribution in [2.24, 2.45) is 0 Å². The van der Waals surface area contributed by atoms with Crippen molar-refractivity contribution < 1.29 is 4.74 Å². The standard InChI is InChI=1S/C7H5BCl2O/c1-11-7-3-5(9)4(8)2-6(7)10/h2-3H,1H3. The topological polar surface area (TPSA) is 9.23 Å². The highest BCUT2D eigenvalue weighted by Crippen LogP contribution is 2.25. The van der Waals surface area contributed by atoms with Gasteiger partial charge in [0.15, 0.2) is 0 Å². The first-order chi connectivity index (χ1) is 5.15. The molecule has 11 heavy (non-hydrogen) atoms. The summed E-state index contributed by atoms with van der Waals surface area (Å²) < 4.78 is 4.91. The molecular weight excluding hydrogens is 182 g/mol. The highest BCUT2D eigenvalue weighted by atomic mass is 35.5. The highest BCUT2D eigenvalue weighted by molar-refractivity contribution is 6.46. The predicted octanol–water partition coefficient (Wildman–Crippen LogP) is 1.80. The lowest BCUT2D eigenvalue weighted by Crippen LogP contribution is -2.03. The molecule has 1 rings (SSSR count). The highest BCUT2D eigenvalue weighted by Gasteiger charge is 2.02. The number of rotatable bonds is 1. The molecule has 0 amide bonds. The molecule has 0 saturated carbocycles. The van der Waals surface area contributed by atoms with Crippen molar-refractivity contribution in [1.82, 2.24) is 0 Å². The lowest BCUT2D eigenvalue weighted by molar-refractivity contribution is 0.415. The second-order valence-corrected chi connectivity index (χ2v) is 2.82. The first kappa shape index (κ1) is 8.76. The van der Waals surface area contributed by atoms with E-state index in [9.17, 15) is 0 Å². The molecule has 0 N–H and O–H groups in total. The maximum absolute atomic E-state index is 5.74. The van der Waals surface area contributed by atoms with Gasteiger partial charge in [-0.05, 0) is 12.1 Å². The van der Waals surface area contributed by atoms with Crippen LogP contribution in [0.3, 0.4) is 0 Å². The zero-order valence-electron chi connectivity index (χ0n) is 5.90. The Hall–Kier alpha value is -0.335. The van der Waals surface area contributed by atoms with Gasteiger partial charge in [0.05, 0.1) is 12.1 Å². The predicted molar refractivity (Wildman–Crippen MR) is 48.4 cm³/mol. The zero-order valence-corrected chi connectivity index (χ0v) is 7.41. The smallest absolute Gasteiger partial charge is 0.138 e. The summed E-state index contributed by atoms with van der Waals surface area (Å²) in [7, 11) is 6.99. The summed E-state index contributed by atoms with van der Waals surface area (Å²) in [6.45, 7) is 0. The third-order valence-electron chi connectivity index (χ3n) is 1.27. The summed E-state index contributed by atoms with van der Waals surface area (Å²) in [6, 6.07) is 3.14. The number of benzene rings is 1. The molecule has 0 heterocycles. The van der Waals surface area contributed by atoms with Gasteiger partial charge in [0.1, 0.15) is 13.6 Å². The van der Waals surface area contributed by atoms with Crippen LogP contribution >= 0.6 is 23.2 Å². The van der Waals surface area contributed by atoms with Crippen molar-refractivity contribution in [2.45, 2.75) is 0 Å². The van der Waals surface area contributed by atoms with E-state index in [2.05, 4.69) is 0 Å². The molecule has 1 nitrogen and oxygen atoms in total. The SMILES string of the molecule is [B]c1cc(Cl)c(OC)cc1Cl. The maximum Gasteiger partial charge on any atom is 0.138 e. The molecule has 0 aliphatic rings. The minimum Gasteiger partial charge on any atom is -0.495 e. The van der Waals surface area contributed by atoms with Crippen LogP contribution in [-0.2, 0) is 0 Å². The molecule has 1 aromatic carbocycles. The minimum atomic E-state index is 0.450. The van der Waals surface area contributed by atoms with Crippen LogP contribution in [0.2, 0.25) is 10.0 Å². The molecule has 0 bridgehead atoms. The van der Waals surface area contributed by atoms with Gasteiger partial charge < -0.3 is 4.74 Å². The molecule has 0 fully saturated rings. The molecule has 4 heteroatoms. The summed E-state index contributed by atoms with van der Waals surface area (Å²) in [5, 5.41) is 0.917. The molecule has 0 saturated heterocycles. The number of hydrogen-bond acceptors (Lipinski definition) is 1. The summed E-state index contributed by atoms with van der Waals surface area (Å²) in [5.74, 6) is 0.533. The van der Waals surface area contributed by atoms with Gasteiger partial charge in [-0.2, -0.15) is 0 Å². The van der Waals surface area contributed by atoms with E-state index < -0.39 is 0 Å². The zero-order chi connectivity index (χ0) is 8.43. The van der Waals surface area contributed by atoms with Crippen molar-refractivity contribution in [2.75, 3.05) is 7.11 Å². The Balaban J connectivity index is 3.21. The van der Waals surface area contributed by atoms with Crippen LogP contribution in [-0.4, -0.2) is 15.0 Å². The second-order valence-electron chi connectivity index (χ2n) is 2.01. The van der Waals surface area contributed by atoms with E-state index in [0.29, 0.717) is 21.3 Å². The fraction of sp³-hybridized carbons (Fsp3) is 0.143. The number of methoxy groups -OCH3 is 1. The average Bonchev–Trinajstić information content (AvgIpc) is 1.97. The molecule has 56 valence electrons. The lowest BCUT2D eigenvalue weighted by atomic mass is 9.96. The summed E-state index contributed by atoms with van der Waals surface area (Å²) in [4.78, 5) is 0. The van der Waals surface area contributed by atoms with Gasteiger partial charge >= 0.3 is 0 Å². The fourth-order valence-electron chi connectivity index (χ4n) is 0.700. The molecule has 0 aliphatic carbocycles. The molecule has 1 aromatic rings. The molecule has 0 unspecified atom stereocenters. The van der Waals surface area contributed by atoms with E-state index in [-0.39, 0.29) is 0 Å². The van der Waals surface area contributed by atoms with E-state index in [4.69, 9.17) is 35.8 Å². The lowest BCUT2D eigenvalue weighted by Gasteiger charge is -2.04. The molecule has 2 radical (unpaired) electrons. The minimum absolute atomic E-state index is 0.450. The summed E-state index contributed by atoms with van der Waals surface area (Å²) in [5.41, 5.74) is 0.456. The van der Waals surface area contributed by atoms with Crippen molar-refractivity contribution in [3.8, 4) is 5.75 Å². The fourth-order valence-corrected chi connectivity index (χ4v) is 1.10. The van der Waals surface area contributed by atoms with Crippen molar-refractivity contribution in [3.05, 3.63) is 22.2 Å². The Bertz CT molecular complexity index is 275. The Morgan fingerprint density at radius 3 is 2.45 bits per heavy atom. The third kappa shape index (κ3) is 1.82. The van der Waals surface area contributed by atoms with Crippen LogP contribution in [0, 0.1) is 0 Å². The van der Waals surface area contributed by atoms with E-state index in [0.717, 1.165) is 0 Å². The van der Waals surface area contributed by atoms with E-state index >= 15 is 0 Å². The maximum atomic E-state index is 5.74. The van der Waals surface area contributed by atoms with Crippen LogP contribution in [0.25, 0.3) is 0 Å². The van der Waals surface area contributed by atoms with Gasteiger partial charge in [-0.3, -0.25) is 0 Å². The monoisotopic (exact) mass is 186 g/mol. The Labute approximate surface area is 76.7 Å². The Morgan fingerprint density at radius 1 is 1.27 bits per heavy atom. The number of halogens is 2. The van der Waals surface area contributed by atoms with Gasteiger partial charge in [-0.1, -0.05) is 28.7 Å². The second kappa shape index (κ2) is 3.37. The molecule has 0 spiro atoms. The van der Waals surface area contributed by atoms with Crippen LogP contribution < -0.4 is 10.2 Å². The third-order valence-corrected chi connectivity index (χ3v) is 1.89. The van der Waals surface area contributed by atoms with Gasteiger partial charge in [-0.15, -0.1) is 0 Å². The first-order valence-electron chi connectivity index (χ1n) is 2.93. The summed E-state index contributed by atoms with van der Waals surface area (Å²) >= 11 is 11.4. The van der Waals surface area contributed by atoms with Crippen molar-refractivity contribution in [1.29, 1.82) is 0 Å². The number of ether oxygens (including phenoxy) is 1. The van der Waals surface area contributed by atoms with Gasteiger partial charge in [0.25, 0.3) is 0 Å². The normalized spacial score (nSPS) is 9.73. The Morgan fingerprint density at radius 2 is 1.91 bits per heavy atom. The van der Waals surface area contributed by atoms with Crippen LogP contribution in [0.4, 0.5) is 0 Å². The first-order valence-corrected chi connectivity index (χ1v) is 3.69. The van der Waals surface area contributed by atoms with Crippen LogP contribution in [0.1, 0.15) is 0 Å². The molecule has 0 aromatic heterocycles. The largest absolute Gasteiger partial charge is 0.495 e. The Kier molecular flexibility index (Phi) is 2.69. The van der Waals surface area contributed by atoms with Crippen molar-refractivity contribution in [3.63, 3.8) is 0 Å². The van der Waals surface area contributed by atoms with E-state index in [1.807, 2.05) is 0 Å². The molecule has 0 aliphatic heterocycles. The van der Waals surface area contributed by atoms with Crippen LogP contribution in [0.15, 0.2) is 12.1 Å². The summed E-state index contributed by atoms with van der Waals surface area (Å²) in [6.07, 6.45) is 0. The van der Waals surface area contributed by atoms with Crippen LogP contribution in [0.5, 0.6) is 5.75 Å². The molecule has 0 atom stereocenters. The molecular formula is C7H5BCl2O. The van der Waals surface area contributed by atoms with E-state index in [1.165, 1.54) is 7.11 Å². The average molecular weight is 187 g/mol. The van der Waals surface area contributed by atoms with Crippen molar-refractivity contribution >= 4 is 36.5 Å². The van der Waals surface area contributed by atoms with Gasteiger partial charge in [0, 0.05) is 5.02 Å².